The Hall–Kier alpha value is -6.26. The Morgan fingerprint density at radius 2 is 1.56 bits per heavy atom. The average Bonchev–Trinajstić information content (AvgIpc) is 3.80. The fourth-order valence-corrected chi connectivity index (χ4v) is 11.8. The lowest BCUT2D eigenvalue weighted by molar-refractivity contribution is -0.138. The van der Waals surface area contributed by atoms with Gasteiger partial charge in [0, 0.05) is 42.2 Å². The number of benzene rings is 3. The number of alkyl halides is 3. The number of fused-ring (bicyclic) bond motifs is 3. The highest BCUT2D eigenvalue weighted by Crippen LogP contribution is 2.54. The predicted octanol–water partition coefficient (Wildman–Crippen LogP) is 5.85. The van der Waals surface area contributed by atoms with Crippen molar-refractivity contribution in [1.82, 2.24) is 20.0 Å². The summed E-state index contributed by atoms with van der Waals surface area (Å²) in [5, 5.41) is 11.3. The van der Waals surface area contributed by atoms with Crippen LogP contribution in [0.25, 0.3) is 0 Å². The lowest BCUT2D eigenvalue weighted by Gasteiger charge is -2.56. The van der Waals surface area contributed by atoms with Gasteiger partial charge in [-0.15, -0.1) is 0 Å². The zero-order valence-corrected chi connectivity index (χ0v) is 36.7. The van der Waals surface area contributed by atoms with Gasteiger partial charge in [-0.25, -0.2) is 4.39 Å². The second-order valence-electron chi connectivity index (χ2n) is 19.1. The van der Waals surface area contributed by atoms with E-state index in [1.165, 1.54) is 43.0 Å². The van der Waals surface area contributed by atoms with Gasteiger partial charge in [0.05, 0.1) is 46.2 Å². The molecule has 6 amide bonds. The molecule has 3 aromatic carbocycles. The number of rotatable bonds is 5. The number of hydrogen-bond donors (Lipinski definition) is 1. The molecule has 0 aromatic heterocycles. The van der Waals surface area contributed by atoms with E-state index in [-0.39, 0.29) is 56.8 Å². The Morgan fingerprint density at radius 1 is 0.894 bits per heavy atom. The Kier molecular flexibility index (Phi) is 10.0. The first-order chi connectivity index (χ1) is 31.3. The highest BCUT2D eigenvalue weighted by atomic mass is 32.1. The minimum atomic E-state index is -4.87. The van der Waals surface area contributed by atoms with E-state index in [4.69, 9.17) is 17.0 Å². The molecule has 7 aliphatic rings. The van der Waals surface area contributed by atoms with E-state index in [9.17, 15) is 47.2 Å². The van der Waals surface area contributed by atoms with Gasteiger partial charge in [-0.2, -0.15) is 18.4 Å². The molecule has 66 heavy (non-hydrogen) atoms. The number of nitrogens with one attached hydrogen (secondary N) is 1. The maximum Gasteiger partial charge on any atom is 0.417 e. The summed E-state index contributed by atoms with van der Waals surface area (Å²) in [6, 6.07) is 11.0. The van der Waals surface area contributed by atoms with E-state index in [1.807, 2.05) is 0 Å². The normalized spacial score (nSPS) is 23.6. The quantitative estimate of drug-likeness (QED) is 0.186. The first-order valence-electron chi connectivity index (χ1n) is 21.9. The molecular weight excluding hydrogens is 883 g/mol. The number of hydrogen-bond acceptors (Lipinski definition) is 10. The fraction of sp³-hybridized carbons (Fsp3) is 0.447. The van der Waals surface area contributed by atoms with Gasteiger partial charge in [0.25, 0.3) is 23.6 Å². The van der Waals surface area contributed by atoms with E-state index in [0.29, 0.717) is 37.6 Å². The van der Waals surface area contributed by atoms with Crippen LogP contribution in [0.15, 0.2) is 48.5 Å². The number of likely N-dealkylation sites (tertiary alicyclic amines) is 2. The van der Waals surface area contributed by atoms with Crippen LogP contribution < -0.4 is 19.9 Å². The molecule has 6 heterocycles. The molecule has 1 saturated carbocycles. The molecule has 342 valence electrons. The van der Waals surface area contributed by atoms with Gasteiger partial charge in [0.1, 0.15) is 23.1 Å². The van der Waals surface area contributed by atoms with Crippen molar-refractivity contribution in [3.05, 3.63) is 87.7 Å². The molecule has 10 rings (SSSR count). The number of carbonyl (C=O) groups is 6. The van der Waals surface area contributed by atoms with Gasteiger partial charge in [-0.1, -0.05) is 0 Å². The first-order valence-corrected chi connectivity index (χ1v) is 22.3. The first kappa shape index (κ1) is 43.6. The minimum absolute atomic E-state index is 0.0408. The van der Waals surface area contributed by atoms with Crippen molar-refractivity contribution >= 4 is 64.1 Å². The molecule has 0 radical (unpaired) electrons. The van der Waals surface area contributed by atoms with E-state index in [2.05, 4.69) is 10.2 Å². The molecule has 2 spiro atoms. The summed E-state index contributed by atoms with van der Waals surface area (Å²) in [6.45, 7) is 5.99. The molecule has 19 heteroatoms. The fourth-order valence-electron chi connectivity index (χ4n) is 11.3. The largest absolute Gasteiger partial charge is 0.492 e. The molecule has 1 unspecified atom stereocenters. The zero-order chi connectivity index (χ0) is 46.8. The summed E-state index contributed by atoms with van der Waals surface area (Å²) >= 11 is 5.59. The number of piperidine rings is 3. The van der Waals surface area contributed by atoms with Crippen LogP contribution >= 0.6 is 12.2 Å². The van der Waals surface area contributed by atoms with Crippen molar-refractivity contribution in [2.24, 2.45) is 5.41 Å². The number of thiocarbonyl (C=S) groups is 1. The second kappa shape index (κ2) is 15.1. The highest BCUT2D eigenvalue weighted by molar-refractivity contribution is 7.81. The summed E-state index contributed by atoms with van der Waals surface area (Å²) in [4.78, 5) is 86.0. The monoisotopic (exact) mass is 925 g/mol. The van der Waals surface area contributed by atoms with Crippen molar-refractivity contribution < 1.29 is 51.1 Å². The lowest BCUT2D eigenvalue weighted by atomic mass is 9.59. The van der Waals surface area contributed by atoms with Crippen molar-refractivity contribution in [2.45, 2.75) is 94.4 Å². The van der Waals surface area contributed by atoms with Crippen LogP contribution in [0, 0.1) is 22.6 Å². The number of halogens is 4. The Morgan fingerprint density at radius 3 is 2.20 bits per heavy atom. The van der Waals surface area contributed by atoms with Gasteiger partial charge in [-0.05, 0) is 138 Å². The van der Waals surface area contributed by atoms with Crippen LogP contribution in [0.4, 0.5) is 28.9 Å². The van der Waals surface area contributed by atoms with Crippen LogP contribution in [0.5, 0.6) is 5.75 Å². The third-order valence-electron chi connectivity index (χ3n) is 15.1. The molecule has 5 fully saturated rings. The molecule has 1 atom stereocenters. The Balaban J connectivity index is 0.748. The molecule has 4 saturated heterocycles. The van der Waals surface area contributed by atoms with Crippen molar-refractivity contribution in [3.8, 4) is 11.8 Å². The topological polar surface area (TPSA) is 164 Å². The highest BCUT2D eigenvalue weighted by Gasteiger charge is 2.54. The molecular formula is C47H43F4N7O7S. The SMILES string of the molecule is CC1(C)C(=O)N(c2ccc(C#N)c(C(F)(F)F)c2)C(=S)N1c1ccc(C(=O)N2CCC3(CC2)CC(N2CCC4(CC2)COc2cc5c(cc24)C(=O)N(C2CCC(=O)NC2=O)C5=O)C3)c(F)c1. The van der Waals surface area contributed by atoms with E-state index in [0.717, 1.165) is 79.1 Å². The standard InChI is InChI=1S/C47H43F4N7O7S/c1-44(2)42(64)56(26-4-3-25(23-52)32(17-26)47(49,50)51)43(66)58(44)27-5-6-29(34(48)18-27)39(61)55-13-9-45(10-14-55)21-28(22-45)54-15-11-46(12-16-54)24-65-36-20-31-30(19-33(36)46)40(62)57(41(31)63)35-7-8-37(59)53-38(35)60/h3-6,17-20,28,35H,7-16,21-22,24H2,1-2H3,(H,53,59,60). The van der Waals surface area contributed by atoms with E-state index >= 15 is 4.39 Å². The molecule has 14 nitrogen and oxygen atoms in total. The predicted molar refractivity (Wildman–Crippen MR) is 231 cm³/mol. The number of imide groups is 2. The van der Waals surface area contributed by atoms with Gasteiger partial charge in [0.15, 0.2) is 5.11 Å². The minimum Gasteiger partial charge on any atom is -0.492 e. The maximum absolute atomic E-state index is 15.9. The molecule has 0 bridgehead atoms. The summed E-state index contributed by atoms with van der Waals surface area (Å²) in [5.74, 6) is -3.58. The molecule has 1 aliphatic carbocycles. The average molecular weight is 926 g/mol. The van der Waals surface area contributed by atoms with Crippen LogP contribution in [-0.4, -0.2) is 106 Å². The summed E-state index contributed by atoms with van der Waals surface area (Å²) in [6.07, 6.45) is 0.318. The summed E-state index contributed by atoms with van der Waals surface area (Å²) < 4.78 is 63.4. The Labute approximate surface area is 381 Å². The van der Waals surface area contributed by atoms with Gasteiger partial charge in [0.2, 0.25) is 11.8 Å². The number of carbonyl (C=O) groups excluding carboxylic acids is 6. The third-order valence-corrected chi connectivity index (χ3v) is 15.5. The third kappa shape index (κ3) is 6.69. The van der Waals surface area contributed by atoms with Crippen molar-refractivity contribution in [2.75, 3.05) is 42.6 Å². The summed E-state index contributed by atoms with van der Waals surface area (Å²) in [7, 11) is 0. The smallest absolute Gasteiger partial charge is 0.417 e. The number of amides is 6. The maximum atomic E-state index is 15.9. The summed E-state index contributed by atoms with van der Waals surface area (Å²) in [5.41, 5.74) is -2.39. The number of ether oxygens (including phenoxy) is 1. The lowest BCUT2D eigenvalue weighted by Crippen LogP contribution is -2.58. The van der Waals surface area contributed by atoms with Crippen molar-refractivity contribution in [1.29, 1.82) is 5.26 Å². The number of nitriles is 1. The van der Waals surface area contributed by atoms with Crippen LogP contribution in [0.3, 0.4) is 0 Å². The van der Waals surface area contributed by atoms with E-state index < -0.39 is 70.1 Å². The van der Waals surface area contributed by atoms with Gasteiger partial charge >= 0.3 is 6.18 Å². The van der Waals surface area contributed by atoms with Crippen LogP contribution in [-0.2, 0) is 26.0 Å². The number of anilines is 2. The molecule has 3 aromatic rings. The van der Waals surface area contributed by atoms with Crippen LogP contribution in [0.1, 0.15) is 113 Å². The van der Waals surface area contributed by atoms with Gasteiger partial charge in [-0.3, -0.25) is 43.9 Å². The van der Waals surface area contributed by atoms with Crippen LogP contribution in [0.2, 0.25) is 0 Å². The Bertz CT molecular complexity index is 2750. The second-order valence-corrected chi connectivity index (χ2v) is 19.5. The van der Waals surface area contributed by atoms with Gasteiger partial charge < -0.3 is 19.4 Å². The van der Waals surface area contributed by atoms with Crippen molar-refractivity contribution in [3.63, 3.8) is 0 Å². The van der Waals surface area contributed by atoms with E-state index in [1.54, 1.807) is 17.0 Å². The molecule has 6 aliphatic heterocycles. The number of nitrogens with zero attached hydrogens (tertiary/aromatic N) is 6. The zero-order valence-electron chi connectivity index (χ0n) is 35.9. The molecule has 1 N–H and O–H groups in total.